The van der Waals surface area contributed by atoms with Crippen LogP contribution in [0.5, 0.6) is 0 Å². The van der Waals surface area contributed by atoms with Crippen LogP contribution in [0.2, 0.25) is 5.02 Å². The Balaban J connectivity index is 1.32. The van der Waals surface area contributed by atoms with Crippen molar-refractivity contribution in [3.63, 3.8) is 0 Å². The number of thiazole rings is 1. The van der Waals surface area contributed by atoms with E-state index in [1.54, 1.807) is 11.3 Å². The number of carbonyl (C=O) groups is 1. The molecule has 4 rings (SSSR count). The third-order valence-corrected chi connectivity index (χ3v) is 6.50. The molecule has 0 unspecified atom stereocenters. The van der Waals surface area contributed by atoms with Gasteiger partial charge in [-0.3, -0.25) is 4.79 Å². The SMILES string of the molecule is O=C(NCc1cccs1)c1csc(N2CCN(c3ccc(Cl)cc3)CC2)n1. The Bertz CT molecular complexity index is 887. The number of hydrogen-bond acceptors (Lipinski definition) is 6. The van der Waals surface area contributed by atoms with E-state index in [0.29, 0.717) is 12.2 Å². The van der Waals surface area contributed by atoms with E-state index in [2.05, 4.69) is 32.2 Å². The Morgan fingerprint density at radius 1 is 1.07 bits per heavy atom. The molecule has 1 amide bonds. The highest BCUT2D eigenvalue weighted by atomic mass is 35.5. The molecule has 8 heteroatoms. The zero-order valence-corrected chi connectivity index (χ0v) is 17.0. The normalized spacial score (nSPS) is 14.4. The second-order valence-electron chi connectivity index (χ2n) is 6.23. The molecule has 0 saturated carbocycles. The van der Waals surface area contributed by atoms with Gasteiger partial charge in [0.2, 0.25) is 0 Å². The van der Waals surface area contributed by atoms with E-state index >= 15 is 0 Å². The molecule has 5 nitrogen and oxygen atoms in total. The minimum atomic E-state index is -0.120. The van der Waals surface area contributed by atoms with Gasteiger partial charge in [-0.05, 0) is 35.7 Å². The number of piperazine rings is 1. The maximum absolute atomic E-state index is 12.3. The molecule has 1 N–H and O–H groups in total. The van der Waals surface area contributed by atoms with Crippen molar-refractivity contribution in [2.45, 2.75) is 6.54 Å². The molecule has 1 saturated heterocycles. The van der Waals surface area contributed by atoms with E-state index in [1.807, 2.05) is 35.0 Å². The predicted octanol–water partition coefficient (Wildman–Crippen LogP) is 4.11. The molecule has 1 fully saturated rings. The van der Waals surface area contributed by atoms with Crippen LogP contribution in [0.15, 0.2) is 47.2 Å². The quantitative estimate of drug-likeness (QED) is 0.677. The van der Waals surface area contributed by atoms with Gasteiger partial charge in [-0.1, -0.05) is 17.7 Å². The van der Waals surface area contributed by atoms with E-state index in [-0.39, 0.29) is 5.91 Å². The Labute approximate surface area is 171 Å². The number of amides is 1. The molecule has 0 bridgehead atoms. The average molecular weight is 419 g/mol. The average Bonchev–Trinajstić information content (AvgIpc) is 3.39. The second-order valence-corrected chi connectivity index (χ2v) is 8.53. The Kier molecular flexibility index (Phi) is 5.61. The van der Waals surface area contributed by atoms with E-state index in [0.717, 1.165) is 41.2 Å². The van der Waals surface area contributed by atoms with Crippen LogP contribution in [-0.2, 0) is 6.54 Å². The molecule has 1 aromatic carbocycles. The first-order valence-corrected chi connectivity index (χ1v) is 10.8. The number of nitrogens with one attached hydrogen (secondary N) is 1. The molecule has 3 heterocycles. The highest BCUT2D eigenvalue weighted by Crippen LogP contribution is 2.24. The van der Waals surface area contributed by atoms with Gasteiger partial charge in [0.25, 0.3) is 5.91 Å². The van der Waals surface area contributed by atoms with Crippen molar-refractivity contribution in [1.29, 1.82) is 0 Å². The molecule has 1 aliphatic heterocycles. The highest BCUT2D eigenvalue weighted by molar-refractivity contribution is 7.14. The summed E-state index contributed by atoms with van der Waals surface area (Å²) in [5, 5.41) is 8.44. The summed E-state index contributed by atoms with van der Waals surface area (Å²) in [5.74, 6) is -0.120. The van der Waals surface area contributed by atoms with Crippen molar-refractivity contribution in [3.05, 3.63) is 62.8 Å². The van der Waals surface area contributed by atoms with Gasteiger partial charge in [0.05, 0.1) is 6.54 Å². The fraction of sp³-hybridized carbons (Fsp3) is 0.263. The van der Waals surface area contributed by atoms with Crippen LogP contribution in [-0.4, -0.2) is 37.1 Å². The predicted molar refractivity (Wildman–Crippen MR) is 113 cm³/mol. The minimum Gasteiger partial charge on any atom is -0.368 e. The smallest absolute Gasteiger partial charge is 0.271 e. The number of thiophene rings is 1. The summed E-state index contributed by atoms with van der Waals surface area (Å²) in [6.07, 6.45) is 0. The number of benzene rings is 1. The largest absolute Gasteiger partial charge is 0.368 e. The Morgan fingerprint density at radius 2 is 1.81 bits per heavy atom. The first kappa shape index (κ1) is 18.3. The zero-order chi connectivity index (χ0) is 18.6. The summed E-state index contributed by atoms with van der Waals surface area (Å²) in [7, 11) is 0. The third kappa shape index (κ3) is 4.43. The summed E-state index contributed by atoms with van der Waals surface area (Å²) in [6.45, 7) is 4.14. The van der Waals surface area contributed by atoms with Crippen LogP contribution in [0, 0.1) is 0 Å². The molecule has 140 valence electrons. The van der Waals surface area contributed by atoms with Crippen LogP contribution < -0.4 is 15.1 Å². The lowest BCUT2D eigenvalue weighted by atomic mass is 10.2. The number of nitrogens with zero attached hydrogens (tertiary/aromatic N) is 3. The summed E-state index contributed by atoms with van der Waals surface area (Å²) in [4.78, 5) is 22.6. The van der Waals surface area contributed by atoms with Gasteiger partial charge >= 0.3 is 0 Å². The van der Waals surface area contributed by atoms with Gasteiger partial charge in [0.1, 0.15) is 5.69 Å². The standard InChI is InChI=1S/C19H19ClN4OS2/c20-14-3-5-15(6-4-14)23-7-9-24(10-8-23)19-22-17(13-27-19)18(25)21-12-16-2-1-11-26-16/h1-6,11,13H,7-10,12H2,(H,21,25). The lowest BCUT2D eigenvalue weighted by Crippen LogP contribution is -2.46. The molecule has 27 heavy (non-hydrogen) atoms. The van der Waals surface area contributed by atoms with Crippen molar-refractivity contribution in [3.8, 4) is 0 Å². The molecular weight excluding hydrogens is 400 g/mol. The lowest BCUT2D eigenvalue weighted by Gasteiger charge is -2.36. The van der Waals surface area contributed by atoms with Gasteiger partial charge in [0.15, 0.2) is 5.13 Å². The number of anilines is 2. The molecule has 1 aliphatic rings. The Hall–Kier alpha value is -2.09. The van der Waals surface area contributed by atoms with Crippen molar-refractivity contribution >= 4 is 51.0 Å². The maximum Gasteiger partial charge on any atom is 0.271 e. The topological polar surface area (TPSA) is 48.5 Å². The molecule has 3 aromatic rings. The van der Waals surface area contributed by atoms with E-state index in [9.17, 15) is 4.79 Å². The maximum atomic E-state index is 12.3. The first-order chi connectivity index (χ1) is 13.2. The molecular formula is C19H19ClN4OS2. The van der Waals surface area contributed by atoms with Gasteiger partial charge in [-0.15, -0.1) is 22.7 Å². The zero-order valence-electron chi connectivity index (χ0n) is 14.6. The van der Waals surface area contributed by atoms with E-state index in [1.165, 1.54) is 17.0 Å². The van der Waals surface area contributed by atoms with Gasteiger partial charge in [-0.25, -0.2) is 4.98 Å². The van der Waals surface area contributed by atoms with Crippen molar-refractivity contribution < 1.29 is 4.79 Å². The first-order valence-electron chi connectivity index (χ1n) is 8.70. The third-order valence-electron chi connectivity index (χ3n) is 4.47. The monoisotopic (exact) mass is 418 g/mol. The fourth-order valence-electron chi connectivity index (χ4n) is 2.99. The molecule has 2 aromatic heterocycles. The van der Waals surface area contributed by atoms with Gasteiger partial charge in [0, 0.05) is 47.1 Å². The summed E-state index contributed by atoms with van der Waals surface area (Å²) < 4.78 is 0. The number of rotatable bonds is 5. The molecule has 0 radical (unpaired) electrons. The van der Waals surface area contributed by atoms with Crippen molar-refractivity contribution in [2.24, 2.45) is 0 Å². The van der Waals surface area contributed by atoms with Crippen LogP contribution >= 0.6 is 34.3 Å². The minimum absolute atomic E-state index is 0.120. The van der Waals surface area contributed by atoms with Crippen LogP contribution in [0.4, 0.5) is 10.8 Å². The molecule has 0 aliphatic carbocycles. The fourth-order valence-corrected chi connectivity index (χ4v) is 4.62. The van der Waals surface area contributed by atoms with Crippen molar-refractivity contribution in [1.82, 2.24) is 10.3 Å². The number of halogens is 1. The van der Waals surface area contributed by atoms with Gasteiger partial charge in [-0.2, -0.15) is 0 Å². The van der Waals surface area contributed by atoms with E-state index in [4.69, 9.17) is 11.6 Å². The summed E-state index contributed by atoms with van der Waals surface area (Å²) >= 11 is 9.13. The molecule has 0 spiro atoms. The van der Waals surface area contributed by atoms with Crippen LogP contribution in [0.3, 0.4) is 0 Å². The van der Waals surface area contributed by atoms with Crippen molar-refractivity contribution in [2.75, 3.05) is 36.0 Å². The van der Waals surface area contributed by atoms with Crippen LogP contribution in [0.25, 0.3) is 0 Å². The van der Waals surface area contributed by atoms with E-state index < -0.39 is 0 Å². The molecule has 0 atom stereocenters. The number of carbonyl (C=O) groups excluding carboxylic acids is 1. The number of hydrogen-bond donors (Lipinski definition) is 1. The number of aromatic nitrogens is 1. The van der Waals surface area contributed by atoms with Crippen LogP contribution in [0.1, 0.15) is 15.4 Å². The lowest BCUT2D eigenvalue weighted by molar-refractivity contribution is 0.0947. The summed E-state index contributed by atoms with van der Waals surface area (Å²) in [5.41, 5.74) is 1.68. The highest BCUT2D eigenvalue weighted by Gasteiger charge is 2.21. The second kappa shape index (κ2) is 8.29. The Morgan fingerprint density at radius 3 is 2.52 bits per heavy atom. The van der Waals surface area contributed by atoms with Gasteiger partial charge < -0.3 is 15.1 Å². The summed E-state index contributed by atoms with van der Waals surface area (Å²) in [6, 6.07) is 11.9.